The molecule has 6 nitrogen and oxygen atoms in total. The summed E-state index contributed by atoms with van der Waals surface area (Å²) >= 11 is 0. The zero-order valence-corrected chi connectivity index (χ0v) is 11.6. The van der Waals surface area contributed by atoms with E-state index in [2.05, 4.69) is 20.7 Å². The SMILES string of the molecule is CNCC1CCCCN1CC(=O)Nc1cc(C)no1. The number of hydrogen-bond donors (Lipinski definition) is 2. The summed E-state index contributed by atoms with van der Waals surface area (Å²) in [4.78, 5) is 14.2. The second-order valence-electron chi connectivity index (χ2n) is 5.06. The third kappa shape index (κ3) is 4.04. The molecule has 0 radical (unpaired) electrons. The first-order valence-electron chi connectivity index (χ1n) is 6.81. The molecule has 1 aromatic heterocycles. The monoisotopic (exact) mass is 266 g/mol. The van der Waals surface area contributed by atoms with Gasteiger partial charge in [-0.05, 0) is 33.4 Å². The number of likely N-dealkylation sites (N-methyl/N-ethyl adjacent to an activating group) is 1. The minimum absolute atomic E-state index is 0.0425. The molecular formula is C13H22N4O2. The number of rotatable bonds is 5. The summed E-state index contributed by atoms with van der Waals surface area (Å²) in [5, 5.41) is 9.68. The number of anilines is 1. The Hall–Kier alpha value is -1.40. The van der Waals surface area contributed by atoms with Crippen LogP contribution in [0.3, 0.4) is 0 Å². The van der Waals surface area contributed by atoms with Gasteiger partial charge in [0.15, 0.2) is 0 Å². The Bertz CT molecular complexity index is 417. The highest BCUT2D eigenvalue weighted by atomic mass is 16.5. The van der Waals surface area contributed by atoms with Gasteiger partial charge in [0.1, 0.15) is 0 Å². The Balaban J connectivity index is 1.86. The predicted molar refractivity (Wildman–Crippen MR) is 73.0 cm³/mol. The minimum atomic E-state index is -0.0425. The molecular weight excluding hydrogens is 244 g/mol. The molecule has 1 aromatic rings. The number of carbonyl (C=O) groups excluding carboxylic acids is 1. The lowest BCUT2D eigenvalue weighted by Crippen LogP contribution is -2.47. The maximum absolute atomic E-state index is 12.0. The van der Waals surface area contributed by atoms with Gasteiger partial charge < -0.3 is 9.84 Å². The smallest absolute Gasteiger partial charge is 0.240 e. The van der Waals surface area contributed by atoms with Gasteiger partial charge in [0, 0.05) is 18.7 Å². The van der Waals surface area contributed by atoms with E-state index in [1.807, 2.05) is 14.0 Å². The van der Waals surface area contributed by atoms with Gasteiger partial charge in [-0.3, -0.25) is 15.0 Å². The average molecular weight is 266 g/mol. The van der Waals surface area contributed by atoms with Crippen LogP contribution in [0.4, 0.5) is 5.88 Å². The Kier molecular flexibility index (Phi) is 4.93. The zero-order valence-electron chi connectivity index (χ0n) is 11.6. The van der Waals surface area contributed by atoms with Gasteiger partial charge in [-0.25, -0.2) is 0 Å². The molecule has 1 amide bonds. The lowest BCUT2D eigenvalue weighted by molar-refractivity contribution is -0.118. The average Bonchev–Trinajstić information content (AvgIpc) is 2.77. The summed E-state index contributed by atoms with van der Waals surface area (Å²) < 4.78 is 4.99. The van der Waals surface area contributed by atoms with Crippen molar-refractivity contribution in [1.29, 1.82) is 0 Å². The van der Waals surface area contributed by atoms with Crippen LogP contribution >= 0.6 is 0 Å². The van der Waals surface area contributed by atoms with Gasteiger partial charge in [0.05, 0.1) is 12.2 Å². The molecule has 1 aliphatic heterocycles. The van der Waals surface area contributed by atoms with Crippen LogP contribution < -0.4 is 10.6 Å². The number of nitrogens with zero attached hydrogens (tertiary/aromatic N) is 2. The summed E-state index contributed by atoms with van der Waals surface area (Å²) in [6.45, 7) is 4.14. The van der Waals surface area contributed by atoms with Crippen LogP contribution in [-0.2, 0) is 4.79 Å². The Morgan fingerprint density at radius 1 is 1.58 bits per heavy atom. The van der Waals surface area contributed by atoms with E-state index in [1.54, 1.807) is 6.07 Å². The fourth-order valence-corrected chi connectivity index (χ4v) is 2.52. The highest BCUT2D eigenvalue weighted by Crippen LogP contribution is 2.16. The second-order valence-corrected chi connectivity index (χ2v) is 5.06. The molecule has 2 rings (SSSR count). The lowest BCUT2D eigenvalue weighted by atomic mass is 10.0. The van der Waals surface area contributed by atoms with Crippen molar-refractivity contribution in [3.05, 3.63) is 11.8 Å². The fourth-order valence-electron chi connectivity index (χ4n) is 2.52. The van der Waals surface area contributed by atoms with E-state index >= 15 is 0 Å². The fraction of sp³-hybridized carbons (Fsp3) is 0.692. The molecule has 0 bridgehead atoms. The number of nitrogens with one attached hydrogen (secondary N) is 2. The Morgan fingerprint density at radius 3 is 3.11 bits per heavy atom. The highest BCUT2D eigenvalue weighted by molar-refractivity contribution is 5.91. The molecule has 1 atom stereocenters. The normalized spacial score (nSPS) is 20.4. The van der Waals surface area contributed by atoms with Crippen molar-refractivity contribution in [2.75, 3.05) is 32.0 Å². The summed E-state index contributed by atoms with van der Waals surface area (Å²) in [6.07, 6.45) is 3.55. The molecule has 1 saturated heterocycles. The molecule has 2 N–H and O–H groups in total. The van der Waals surface area contributed by atoms with E-state index in [0.29, 0.717) is 18.5 Å². The molecule has 0 aromatic carbocycles. The van der Waals surface area contributed by atoms with Crippen molar-refractivity contribution in [3.8, 4) is 0 Å². The van der Waals surface area contributed by atoms with Gasteiger partial charge in [-0.2, -0.15) is 0 Å². The quantitative estimate of drug-likeness (QED) is 0.832. The Morgan fingerprint density at radius 2 is 2.42 bits per heavy atom. The van der Waals surface area contributed by atoms with Crippen molar-refractivity contribution in [3.63, 3.8) is 0 Å². The molecule has 6 heteroatoms. The minimum Gasteiger partial charge on any atom is -0.338 e. The first-order valence-corrected chi connectivity index (χ1v) is 6.81. The first kappa shape index (κ1) is 14.0. The van der Waals surface area contributed by atoms with Crippen LogP contribution in [-0.4, -0.2) is 48.7 Å². The van der Waals surface area contributed by atoms with E-state index in [1.165, 1.54) is 6.42 Å². The molecule has 0 saturated carbocycles. The van der Waals surface area contributed by atoms with Crippen LogP contribution in [0.1, 0.15) is 25.0 Å². The maximum atomic E-state index is 12.0. The van der Waals surface area contributed by atoms with Gasteiger partial charge >= 0.3 is 0 Å². The molecule has 106 valence electrons. The zero-order chi connectivity index (χ0) is 13.7. The van der Waals surface area contributed by atoms with Gasteiger partial charge in [0.2, 0.25) is 11.8 Å². The first-order chi connectivity index (χ1) is 9.19. The van der Waals surface area contributed by atoms with Crippen LogP contribution in [0.15, 0.2) is 10.6 Å². The van der Waals surface area contributed by atoms with E-state index in [0.717, 1.165) is 31.6 Å². The van der Waals surface area contributed by atoms with Crippen molar-refractivity contribution < 1.29 is 9.32 Å². The standard InChI is InChI=1S/C13H22N4O2/c1-10-7-13(19-16-10)15-12(18)9-17-6-4-3-5-11(17)8-14-2/h7,11,14H,3-6,8-9H2,1-2H3,(H,15,18). The van der Waals surface area contributed by atoms with E-state index in [-0.39, 0.29) is 5.91 Å². The number of hydrogen-bond acceptors (Lipinski definition) is 5. The largest absolute Gasteiger partial charge is 0.338 e. The molecule has 1 aliphatic rings. The van der Waals surface area contributed by atoms with Crippen LogP contribution in [0.5, 0.6) is 0 Å². The van der Waals surface area contributed by atoms with Gasteiger partial charge in [-0.1, -0.05) is 11.6 Å². The third-order valence-electron chi connectivity index (χ3n) is 3.43. The van der Waals surface area contributed by atoms with Crippen LogP contribution in [0.2, 0.25) is 0 Å². The number of amides is 1. The van der Waals surface area contributed by atoms with Crippen molar-refractivity contribution >= 4 is 11.8 Å². The lowest BCUT2D eigenvalue weighted by Gasteiger charge is -2.34. The van der Waals surface area contributed by atoms with Crippen LogP contribution in [0, 0.1) is 6.92 Å². The number of aryl methyl sites for hydroxylation is 1. The molecule has 2 heterocycles. The second kappa shape index (κ2) is 6.68. The number of carbonyl (C=O) groups is 1. The number of aromatic nitrogens is 1. The molecule has 1 fully saturated rings. The van der Waals surface area contributed by atoms with Gasteiger partial charge in [-0.15, -0.1) is 0 Å². The summed E-state index contributed by atoms with van der Waals surface area (Å²) in [6, 6.07) is 2.17. The molecule has 0 aliphatic carbocycles. The van der Waals surface area contributed by atoms with E-state index < -0.39 is 0 Å². The van der Waals surface area contributed by atoms with Crippen molar-refractivity contribution in [2.24, 2.45) is 0 Å². The summed E-state index contributed by atoms with van der Waals surface area (Å²) in [5.41, 5.74) is 0.765. The molecule has 0 spiro atoms. The van der Waals surface area contributed by atoms with E-state index in [9.17, 15) is 4.79 Å². The van der Waals surface area contributed by atoms with Crippen molar-refractivity contribution in [1.82, 2.24) is 15.4 Å². The topological polar surface area (TPSA) is 70.4 Å². The van der Waals surface area contributed by atoms with E-state index in [4.69, 9.17) is 4.52 Å². The van der Waals surface area contributed by atoms with Crippen molar-refractivity contribution in [2.45, 2.75) is 32.2 Å². The Labute approximate surface area is 113 Å². The predicted octanol–water partition coefficient (Wildman–Crippen LogP) is 0.995. The summed E-state index contributed by atoms with van der Waals surface area (Å²) in [5.74, 6) is 0.379. The summed E-state index contributed by atoms with van der Waals surface area (Å²) in [7, 11) is 1.95. The number of piperidine rings is 1. The highest BCUT2D eigenvalue weighted by Gasteiger charge is 2.23. The van der Waals surface area contributed by atoms with Crippen LogP contribution in [0.25, 0.3) is 0 Å². The van der Waals surface area contributed by atoms with Gasteiger partial charge in [0.25, 0.3) is 0 Å². The number of likely N-dealkylation sites (tertiary alicyclic amines) is 1. The maximum Gasteiger partial charge on any atom is 0.240 e. The molecule has 1 unspecified atom stereocenters. The molecule has 19 heavy (non-hydrogen) atoms. The third-order valence-corrected chi connectivity index (χ3v) is 3.43.